The smallest absolute Gasteiger partial charge is 0.243 e. The van der Waals surface area contributed by atoms with E-state index in [1.54, 1.807) is 30.0 Å². The fraction of sp³-hybridized carbons (Fsp3) is 0.188. The first-order valence-corrected chi connectivity index (χ1v) is 7.74. The molecule has 0 bridgehead atoms. The molecule has 1 heterocycles. The molecule has 2 aromatic carbocycles. The van der Waals surface area contributed by atoms with E-state index in [-0.39, 0.29) is 18.1 Å². The molecule has 0 spiro atoms. The predicted octanol–water partition coefficient (Wildman–Crippen LogP) is 3.38. The first kappa shape index (κ1) is 13.9. The van der Waals surface area contributed by atoms with Crippen LogP contribution in [0.5, 0.6) is 0 Å². The number of halogens is 1. The van der Waals surface area contributed by atoms with Gasteiger partial charge in [0.2, 0.25) is 5.91 Å². The van der Waals surface area contributed by atoms with Crippen molar-refractivity contribution < 1.29 is 9.18 Å². The van der Waals surface area contributed by atoms with Crippen molar-refractivity contribution in [1.29, 1.82) is 0 Å². The average molecular weight is 302 g/mol. The molecule has 0 radical (unpaired) electrons. The van der Waals surface area contributed by atoms with Gasteiger partial charge < -0.3 is 10.2 Å². The first-order valence-electron chi connectivity index (χ1n) is 6.75. The largest absolute Gasteiger partial charge is 0.360 e. The summed E-state index contributed by atoms with van der Waals surface area (Å²) in [5.74, 6) is 0.325. The zero-order valence-corrected chi connectivity index (χ0v) is 12.2. The second-order valence-corrected chi connectivity index (χ2v) is 5.90. The van der Waals surface area contributed by atoms with Gasteiger partial charge in [-0.15, -0.1) is 11.8 Å². The van der Waals surface area contributed by atoms with Crippen molar-refractivity contribution >= 4 is 29.0 Å². The van der Waals surface area contributed by atoms with E-state index in [1.165, 1.54) is 11.0 Å². The van der Waals surface area contributed by atoms with Crippen molar-refractivity contribution in [3.63, 3.8) is 0 Å². The van der Waals surface area contributed by atoms with Gasteiger partial charge in [0.05, 0.1) is 17.9 Å². The van der Waals surface area contributed by atoms with Crippen LogP contribution in [0.4, 0.5) is 15.8 Å². The van der Waals surface area contributed by atoms with Crippen LogP contribution in [0.15, 0.2) is 53.4 Å². The van der Waals surface area contributed by atoms with Crippen molar-refractivity contribution in [2.45, 2.75) is 4.90 Å². The van der Waals surface area contributed by atoms with Crippen LogP contribution in [-0.2, 0) is 4.79 Å². The first-order chi connectivity index (χ1) is 10.2. The minimum Gasteiger partial charge on any atom is -0.360 e. The van der Waals surface area contributed by atoms with E-state index < -0.39 is 5.82 Å². The number of para-hydroxylation sites is 2. The quantitative estimate of drug-likeness (QED) is 0.943. The molecule has 1 amide bonds. The zero-order chi connectivity index (χ0) is 14.7. The molecule has 0 atom stereocenters. The number of nitrogens with zero attached hydrogens (tertiary/aromatic N) is 1. The van der Waals surface area contributed by atoms with E-state index in [9.17, 15) is 9.18 Å². The molecule has 108 valence electrons. The average Bonchev–Trinajstić information content (AvgIpc) is 2.50. The minimum absolute atomic E-state index is 0.207. The van der Waals surface area contributed by atoms with Gasteiger partial charge in [-0.2, -0.15) is 0 Å². The maximum Gasteiger partial charge on any atom is 0.243 e. The van der Waals surface area contributed by atoms with Crippen LogP contribution in [0, 0.1) is 5.82 Å². The number of anilines is 2. The summed E-state index contributed by atoms with van der Waals surface area (Å²) < 4.78 is 13.5. The van der Waals surface area contributed by atoms with E-state index in [2.05, 4.69) is 11.4 Å². The van der Waals surface area contributed by atoms with Gasteiger partial charge in [-0.25, -0.2) is 4.39 Å². The standard InChI is InChI=1S/C16H15FN2OS/c17-12-5-1-2-6-13(12)18-16(20)11-19-9-10-21-15-8-4-3-7-14(15)19/h1-8H,9-11H2,(H,18,20). The number of fused-ring (bicyclic) bond motifs is 1. The molecular formula is C16H15FN2OS. The Labute approximate surface area is 127 Å². The molecule has 0 fully saturated rings. The lowest BCUT2D eigenvalue weighted by Crippen LogP contribution is -2.36. The molecule has 1 aliphatic heterocycles. The number of carbonyl (C=O) groups is 1. The molecule has 3 nitrogen and oxygen atoms in total. The summed E-state index contributed by atoms with van der Waals surface area (Å²) >= 11 is 1.79. The van der Waals surface area contributed by atoms with Gasteiger partial charge in [-0.05, 0) is 24.3 Å². The van der Waals surface area contributed by atoms with Crippen molar-refractivity contribution in [1.82, 2.24) is 0 Å². The van der Waals surface area contributed by atoms with Gasteiger partial charge in [0.25, 0.3) is 0 Å². The Morgan fingerprint density at radius 1 is 1.19 bits per heavy atom. The summed E-state index contributed by atoms with van der Waals surface area (Å²) in [4.78, 5) is 15.3. The van der Waals surface area contributed by atoms with Crippen LogP contribution in [0.2, 0.25) is 0 Å². The van der Waals surface area contributed by atoms with Crippen LogP contribution in [-0.4, -0.2) is 24.7 Å². The van der Waals surface area contributed by atoms with Crippen molar-refractivity contribution in [3.8, 4) is 0 Å². The van der Waals surface area contributed by atoms with Gasteiger partial charge in [0.15, 0.2) is 0 Å². The summed E-state index contributed by atoms with van der Waals surface area (Å²) in [7, 11) is 0. The van der Waals surface area contributed by atoms with E-state index in [0.29, 0.717) is 0 Å². The summed E-state index contributed by atoms with van der Waals surface area (Å²) in [5, 5.41) is 2.63. The lowest BCUT2D eigenvalue weighted by atomic mass is 10.2. The van der Waals surface area contributed by atoms with Crippen LogP contribution in [0.1, 0.15) is 0 Å². The van der Waals surface area contributed by atoms with Crippen molar-refractivity contribution in [2.24, 2.45) is 0 Å². The molecule has 3 rings (SSSR count). The molecule has 1 aliphatic rings. The summed E-state index contributed by atoms with van der Waals surface area (Å²) in [6.07, 6.45) is 0. The highest BCUT2D eigenvalue weighted by Gasteiger charge is 2.19. The molecule has 5 heteroatoms. The van der Waals surface area contributed by atoms with Crippen LogP contribution in [0.3, 0.4) is 0 Å². The topological polar surface area (TPSA) is 32.3 Å². The fourth-order valence-electron chi connectivity index (χ4n) is 2.32. The van der Waals surface area contributed by atoms with Gasteiger partial charge in [-0.1, -0.05) is 24.3 Å². The second-order valence-electron chi connectivity index (χ2n) is 4.77. The summed E-state index contributed by atoms with van der Waals surface area (Å²) in [6, 6.07) is 14.2. The Hall–Kier alpha value is -2.01. The molecule has 0 saturated heterocycles. The van der Waals surface area contributed by atoms with E-state index in [4.69, 9.17) is 0 Å². The highest BCUT2D eigenvalue weighted by molar-refractivity contribution is 7.99. The Morgan fingerprint density at radius 2 is 1.95 bits per heavy atom. The molecule has 1 N–H and O–H groups in total. The zero-order valence-electron chi connectivity index (χ0n) is 11.4. The number of carbonyl (C=O) groups excluding carboxylic acids is 1. The number of nitrogens with one attached hydrogen (secondary N) is 1. The third kappa shape index (κ3) is 3.19. The highest BCUT2D eigenvalue weighted by Crippen LogP contribution is 2.34. The molecule has 21 heavy (non-hydrogen) atoms. The van der Waals surface area contributed by atoms with Crippen molar-refractivity contribution in [3.05, 3.63) is 54.3 Å². The summed E-state index contributed by atoms with van der Waals surface area (Å²) in [5.41, 5.74) is 1.29. The second kappa shape index (κ2) is 6.18. The predicted molar refractivity (Wildman–Crippen MR) is 84.4 cm³/mol. The summed E-state index contributed by atoms with van der Waals surface area (Å²) in [6.45, 7) is 1.04. The molecule has 0 aromatic heterocycles. The Balaban J connectivity index is 1.70. The number of rotatable bonds is 3. The monoisotopic (exact) mass is 302 g/mol. The third-order valence-electron chi connectivity index (χ3n) is 3.31. The fourth-order valence-corrected chi connectivity index (χ4v) is 3.37. The Kier molecular flexibility index (Phi) is 4.10. The van der Waals surface area contributed by atoms with E-state index in [1.807, 2.05) is 23.1 Å². The van der Waals surface area contributed by atoms with Gasteiger partial charge >= 0.3 is 0 Å². The van der Waals surface area contributed by atoms with Gasteiger partial charge in [0.1, 0.15) is 5.82 Å². The maximum atomic E-state index is 13.5. The Bertz CT molecular complexity index is 662. The minimum atomic E-state index is -0.416. The number of thioether (sulfide) groups is 1. The number of hydrogen-bond acceptors (Lipinski definition) is 3. The number of benzene rings is 2. The van der Waals surface area contributed by atoms with Crippen LogP contribution < -0.4 is 10.2 Å². The van der Waals surface area contributed by atoms with Crippen LogP contribution in [0.25, 0.3) is 0 Å². The SMILES string of the molecule is O=C(CN1CCSc2ccccc21)Nc1ccccc1F. The lowest BCUT2D eigenvalue weighted by Gasteiger charge is -2.30. The van der Waals surface area contributed by atoms with Gasteiger partial charge in [-0.3, -0.25) is 4.79 Å². The number of amides is 1. The molecule has 2 aromatic rings. The molecule has 0 saturated carbocycles. The van der Waals surface area contributed by atoms with Gasteiger partial charge in [0, 0.05) is 17.2 Å². The molecule has 0 aliphatic carbocycles. The highest BCUT2D eigenvalue weighted by atomic mass is 32.2. The third-order valence-corrected chi connectivity index (χ3v) is 4.35. The normalized spacial score (nSPS) is 13.7. The van der Waals surface area contributed by atoms with E-state index >= 15 is 0 Å². The molecule has 0 unspecified atom stereocenters. The van der Waals surface area contributed by atoms with Crippen LogP contribution >= 0.6 is 11.8 Å². The van der Waals surface area contributed by atoms with Crippen molar-refractivity contribution in [2.75, 3.05) is 29.1 Å². The lowest BCUT2D eigenvalue weighted by molar-refractivity contribution is -0.115. The number of hydrogen-bond donors (Lipinski definition) is 1. The Morgan fingerprint density at radius 3 is 2.81 bits per heavy atom. The maximum absolute atomic E-state index is 13.5. The molecular weight excluding hydrogens is 287 g/mol. The van der Waals surface area contributed by atoms with E-state index in [0.717, 1.165) is 18.0 Å².